The number of nitrogens with zero attached hydrogens (tertiary/aromatic N) is 2. The molecule has 1 fully saturated rings. The fraction of sp³-hybridized carbons (Fsp3) is 0.333. The zero-order valence-electron chi connectivity index (χ0n) is 8.15. The van der Waals surface area contributed by atoms with E-state index in [0.717, 1.165) is 0 Å². The molecule has 0 saturated carbocycles. The topological polar surface area (TPSA) is 59.2 Å². The Kier molecular flexibility index (Phi) is 3.19. The number of rotatable bonds is 1. The largest absolute Gasteiger partial charge is 0.397 e. The number of pyridine rings is 1. The monoisotopic (exact) mass is 277 g/mol. The van der Waals surface area contributed by atoms with Gasteiger partial charge < -0.3 is 10.6 Å². The van der Waals surface area contributed by atoms with Crippen LogP contribution in [0.25, 0.3) is 0 Å². The van der Waals surface area contributed by atoms with Crippen LogP contribution < -0.4 is 10.6 Å². The molecule has 2 N–H and O–H groups in total. The third kappa shape index (κ3) is 2.07. The molecular weight excluding hydrogens is 269 g/mol. The summed E-state index contributed by atoms with van der Waals surface area (Å²) in [6, 6.07) is 1.47. The molecule has 1 atom stereocenters. The van der Waals surface area contributed by atoms with E-state index < -0.39 is 0 Å². The predicted molar refractivity (Wildman–Crippen MR) is 68.4 cm³/mol. The van der Waals surface area contributed by atoms with Crippen molar-refractivity contribution in [2.75, 3.05) is 17.2 Å². The minimum absolute atomic E-state index is 0.00125. The summed E-state index contributed by atoms with van der Waals surface area (Å²) in [4.78, 5) is 17.0. The lowest BCUT2D eigenvalue weighted by Gasteiger charge is -2.19. The number of hydrogen-bond donors (Lipinski definition) is 2. The fourth-order valence-electron chi connectivity index (χ4n) is 1.67. The number of carbonyl (C=O) groups excluding carboxylic acids is 1. The molecule has 1 aromatic heterocycles. The van der Waals surface area contributed by atoms with Gasteiger partial charge in [0.05, 0.1) is 5.69 Å². The van der Waals surface area contributed by atoms with Gasteiger partial charge in [0.1, 0.15) is 10.8 Å². The van der Waals surface area contributed by atoms with E-state index in [1.165, 1.54) is 11.0 Å². The summed E-state index contributed by atoms with van der Waals surface area (Å²) in [7, 11) is 0. The van der Waals surface area contributed by atoms with Gasteiger partial charge in [-0.25, -0.2) is 4.98 Å². The van der Waals surface area contributed by atoms with Gasteiger partial charge in [0.15, 0.2) is 5.15 Å². The van der Waals surface area contributed by atoms with Crippen LogP contribution in [-0.4, -0.2) is 22.7 Å². The highest BCUT2D eigenvalue weighted by Gasteiger charge is 2.31. The maximum absolute atomic E-state index is 11.7. The third-order valence-corrected chi connectivity index (χ3v) is 3.13. The van der Waals surface area contributed by atoms with Gasteiger partial charge in [-0.05, 0) is 0 Å². The number of thiol groups is 1. The van der Waals surface area contributed by atoms with E-state index in [0.29, 0.717) is 24.3 Å². The highest BCUT2D eigenvalue weighted by molar-refractivity contribution is 7.81. The molecule has 0 radical (unpaired) electrons. The molecule has 1 aliphatic rings. The highest BCUT2D eigenvalue weighted by Crippen LogP contribution is 2.35. The van der Waals surface area contributed by atoms with Crippen LogP contribution in [0.5, 0.6) is 0 Å². The summed E-state index contributed by atoms with van der Waals surface area (Å²) in [5, 5.41) is 0.347. The van der Waals surface area contributed by atoms with Gasteiger partial charge in [0.2, 0.25) is 5.91 Å². The Morgan fingerprint density at radius 2 is 2.25 bits per heavy atom. The van der Waals surface area contributed by atoms with Crippen LogP contribution in [0.4, 0.5) is 11.4 Å². The van der Waals surface area contributed by atoms with E-state index in [1.807, 2.05) is 0 Å². The Labute approximate surface area is 108 Å². The Bertz CT molecular complexity index is 431. The van der Waals surface area contributed by atoms with Gasteiger partial charge >= 0.3 is 0 Å². The Morgan fingerprint density at radius 1 is 1.56 bits per heavy atom. The normalized spacial score (nSPS) is 20.6. The van der Waals surface area contributed by atoms with Gasteiger partial charge in [-0.1, -0.05) is 23.2 Å². The average molecular weight is 278 g/mol. The van der Waals surface area contributed by atoms with Crippen LogP contribution in [0.2, 0.25) is 10.3 Å². The molecule has 1 unspecified atom stereocenters. The smallest absolute Gasteiger partial charge is 0.228 e. The summed E-state index contributed by atoms with van der Waals surface area (Å²) in [5.74, 6) is -0.0577. The molecule has 1 aliphatic heterocycles. The quantitative estimate of drug-likeness (QED) is 0.610. The molecule has 1 saturated heterocycles. The van der Waals surface area contributed by atoms with Gasteiger partial charge in [0.25, 0.3) is 0 Å². The maximum Gasteiger partial charge on any atom is 0.228 e. The van der Waals surface area contributed by atoms with Crippen LogP contribution in [0, 0.1) is 0 Å². The lowest BCUT2D eigenvalue weighted by molar-refractivity contribution is -0.117. The number of nitrogen functional groups attached to an aromatic ring is 1. The van der Waals surface area contributed by atoms with Crippen molar-refractivity contribution in [3.05, 3.63) is 16.4 Å². The summed E-state index contributed by atoms with van der Waals surface area (Å²) >= 11 is 15.9. The lowest BCUT2D eigenvalue weighted by Crippen LogP contribution is -2.26. The summed E-state index contributed by atoms with van der Waals surface area (Å²) < 4.78 is 0. The molecule has 2 rings (SSSR count). The summed E-state index contributed by atoms with van der Waals surface area (Å²) in [5.41, 5.74) is 6.55. The van der Waals surface area contributed by atoms with Gasteiger partial charge in [-0.3, -0.25) is 4.79 Å². The van der Waals surface area contributed by atoms with Crippen LogP contribution in [0.15, 0.2) is 6.07 Å². The molecule has 1 amide bonds. The highest BCUT2D eigenvalue weighted by atomic mass is 35.5. The first-order valence-corrected chi connectivity index (χ1v) is 5.86. The summed E-state index contributed by atoms with van der Waals surface area (Å²) in [6.45, 7) is 0.481. The van der Waals surface area contributed by atoms with E-state index in [4.69, 9.17) is 28.9 Å². The number of carbonyl (C=O) groups is 1. The van der Waals surface area contributed by atoms with E-state index in [-0.39, 0.29) is 21.5 Å². The molecule has 0 bridgehead atoms. The van der Waals surface area contributed by atoms with E-state index >= 15 is 0 Å². The molecule has 2 heterocycles. The first kappa shape index (κ1) is 11.8. The van der Waals surface area contributed by atoms with Crippen LogP contribution in [0.3, 0.4) is 0 Å². The van der Waals surface area contributed by atoms with Gasteiger partial charge in [0, 0.05) is 24.3 Å². The maximum atomic E-state index is 11.7. The van der Waals surface area contributed by atoms with Crippen LogP contribution in [-0.2, 0) is 4.79 Å². The van der Waals surface area contributed by atoms with E-state index in [2.05, 4.69) is 17.6 Å². The first-order valence-electron chi connectivity index (χ1n) is 4.59. The fourth-order valence-corrected chi connectivity index (χ4v) is 2.53. The second-order valence-electron chi connectivity index (χ2n) is 3.54. The van der Waals surface area contributed by atoms with Crippen molar-refractivity contribution in [2.45, 2.75) is 11.7 Å². The molecule has 7 heteroatoms. The van der Waals surface area contributed by atoms with Gasteiger partial charge in [-0.2, -0.15) is 12.6 Å². The number of hydrogen-bond acceptors (Lipinski definition) is 4. The van der Waals surface area contributed by atoms with Crippen molar-refractivity contribution < 1.29 is 4.79 Å². The number of nitrogens with two attached hydrogens (primary N) is 1. The molecule has 0 aromatic carbocycles. The minimum Gasteiger partial charge on any atom is -0.397 e. The minimum atomic E-state index is -0.0577. The predicted octanol–water partition coefficient (Wildman–Crippen LogP) is 2.01. The zero-order valence-corrected chi connectivity index (χ0v) is 10.6. The molecule has 86 valence electrons. The number of amides is 1. The van der Waals surface area contributed by atoms with Crippen molar-refractivity contribution in [1.29, 1.82) is 0 Å². The van der Waals surface area contributed by atoms with Crippen LogP contribution in [0.1, 0.15) is 6.42 Å². The van der Waals surface area contributed by atoms with Crippen molar-refractivity contribution in [2.24, 2.45) is 0 Å². The van der Waals surface area contributed by atoms with Crippen molar-refractivity contribution in [3.8, 4) is 0 Å². The van der Waals surface area contributed by atoms with Gasteiger partial charge in [-0.15, -0.1) is 0 Å². The average Bonchev–Trinajstić information content (AvgIpc) is 2.43. The number of halogens is 2. The second-order valence-corrected chi connectivity index (χ2v) is 5.01. The molecule has 16 heavy (non-hydrogen) atoms. The van der Waals surface area contributed by atoms with Crippen molar-refractivity contribution in [1.82, 2.24) is 4.98 Å². The Hall–Kier alpha value is -0.650. The van der Waals surface area contributed by atoms with E-state index in [1.54, 1.807) is 0 Å². The van der Waals surface area contributed by atoms with Crippen molar-refractivity contribution in [3.63, 3.8) is 0 Å². The molecule has 0 spiro atoms. The van der Waals surface area contributed by atoms with Crippen molar-refractivity contribution >= 4 is 53.1 Å². The molecule has 1 aromatic rings. The Morgan fingerprint density at radius 3 is 2.75 bits per heavy atom. The standard InChI is InChI=1S/C9H9Cl2N3OS/c10-6-2-5(12)8(9(11)13-6)14-3-4(16)1-7(14)15/h2,4,16H,1,3H2,(H2,12,13). The van der Waals surface area contributed by atoms with Crippen LogP contribution >= 0.6 is 35.8 Å². The number of aromatic nitrogens is 1. The SMILES string of the molecule is Nc1cc(Cl)nc(Cl)c1N1CC(S)CC1=O. The molecule has 4 nitrogen and oxygen atoms in total. The number of anilines is 2. The zero-order chi connectivity index (χ0) is 11.9. The second kappa shape index (κ2) is 4.31. The molecular formula is C9H9Cl2N3OS. The Balaban J connectivity index is 2.44. The summed E-state index contributed by atoms with van der Waals surface area (Å²) in [6.07, 6.45) is 0.376. The third-order valence-electron chi connectivity index (χ3n) is 2.32. The first-order chi connectivity index (χ1) is 7.49. The lowest BCUT2D eigenvalue weighted by atomic mass is 10.3. The van der Waals surface area contributed by atoms with E-state index in [9.17, 15) is 4.79 Å². The molecule has 0 aliphatic carbocycles.